The van der Waals surface area contributed by atoms with E-state index in [1.807, 2.05) is 41.5 Å². The number of alkyl halides is 3. The Morgan fingerprint density at radius 2 is 1.54 bits per heavy atom. The highest BCUT2D eigenvalue weighted by Gasteiger charge is 2.45. The first-order chi connectivity index (χ1) is 28.4. The van der Waals surface area contributed by atoms with Crippen LogP contribution in [0.3, 0.4) is 0 Å². The molecule has 0 atom stereocenters. The molecule has 6 rings (SSSR count). The van der Waals surface area contributed by atoms with Crippen LogP contribution in [0.2, 0.25) is 5.02 Å². The highest BCUT2D eigenvalue weighted by molar-refractivity contribution is 6.34. The van der Waals surface area contributed by atoms with E-state index in [2.05, 4.69) is 20.5 Å². The first-order valence-electron chi connectivity index (χ1n) is 20.3. The molecule has 0 unspecified atom stereocenters. The lowest BCUT2D eigenvalue weighted by atomic mass is 9.90. The number of aromatic nitrogens is 4. The van der Waals surface area contributed by atoms with Crippen molar-refractivity contribution in [3.63, 3.8) is 0 Å². The number of carbonyl (C=O) groups is 5. The summed E-state index contributed by atoms with van der Waals surface area (Å²) >= 11 is 6.54. The van der Waals surface area contributed by atoms with Crippen LogP contribution in [0.4, 0.5) is 23.7 Å². The molecule has 3 aliphatic rings. The van der Waals surface area contributed by atoms with E-state index in [0.717, 1.165) is 12.4 Å². The lowest BCUT2D eigenvalue weighted by Gasteiger charge is -2.49. The van der Waals surface area contributed by atoms with Crippen LogP contribution < -0.4 is 5.32 Å². The Balaban J connectivity index is 1.01. The fourth-order valence-electron chi connectivity index (χ4n) is 8.21. The number of rotatable bonds is 9. The monoisotopic (exact) mass is 876 g/mol. The third-order valence-electron chi connectivity index (χ3n) is 11.1. The quantitative estimate of drug-likeness (QED) is 0.210. The number of carbonyl (C=O) groups excluding carboxylic acids is 5. The van der Waals surface area contributed by atoms with Crippen molar-refractivity contribution in [3.8, 4) is 11.3 Å². The van der Waals surface area contributed by atoms with Crippen molar-refractivity contribution in [2.45, 2.75) is 71.8 Å². The number of imidazole rings is 1. The lowest BCUT2D eigenvalue weighted by molar-refractivity contribution is -0.930. The van der Waals surface area contributed by atoms with Crippen LogP contribution in [0.15, 0.2) is 30.6 Å². The van der Waals surface area contributed by atoms with E-state index in [-0.39, 0.29) is 88.7 Å². The van der Waals surface area contributed by atoms with Crippen molar-refractivity contribution in [2.75, 3.05) is 70.8 Å². The molecule has 3 saturated heterocycles. The van der Waals surface area contributed by atoms with Gasteiger partial charge in [-0.1, -0.05) is 11.6 Å². The van der Waals surface area contributed by atoms with E-state index < -0.39 is 29.0 Å². The van der Waals surface area contributed by atoms with Gasteiger partial charge in [-0.05, 0) is 59.7 Å². The normalized spacial score (nSPS) is 20.2. The minimum atomic E-state index is -4.72. The second-order valence-corrected chi connectivity index (χ2v) is 18.6. The van der Waals surface area contributed by atoms with Crippen molar-refractivity contribution >= 4 is 47.1 Å². The fraction of sp³-hybridized carbons (Fsp3) is 0.585. The molecule has 0 spiro atoms. The number of ether oxygens (including phenoxy) is 2. The molecule has 0 aliphatic carbocycles. The molecule has 2 N–H and O–H groups in total. The minimum Gasteiger partial charge on any atom is -0.456 e. The van der Waals surface area contributed by atoms with Crippen LogP contribution >= 0.6 is 11.6 Å². The predicted octanol–water partition coefficient (Wildman–Crippen LogP) is 5.45. The van der Waals surface area contributed by atoms with Gasteiger partial charge in [0.25, 0.3) is 11.8 Å². The van der Waals surface area contributed by atoms with E-state index in [1.54, 1.807) is 14.7 Å². The molecule has 3 aromatic rings. The summed E-state index contributed by atoms with van der Waals surface area (Å²) in [7, 11) is 1.40. The number of benzene rings is 1. The summed E-state index contributed by atoms with van der Waals surface area (Å²) in [5.74, 6) is -1.53. The summed E-state index contributed by atoms with van der Waals surface area (Å²) in [6, 6.07) is 4.37. The van der Waals surface area contributed by atoms with Gasteiger partial charge < -0.3 is 38.5 Å². The zero-order chi connectivity index (χ0) is 44.7. The van der Waals surface area contributed by atoms with E-state index in [0.29, 0.717) is 63.1 Å². The van der Waals surface area contributed by atoms with Gasteiger partial charge >= 0.3 is 18.2 Å². The number of esters is 1. The molecule has 332 valence electrons. The number of likely N-dealkylation sites (tertiary alicyclic amines) is 2. The van der Waals surface area contributed by atoms with Gasteiger partial charge in [0.2, 0.25) is 5.91 Å². The van der Waals surface area contributed by atoms with Gasteiger partial charge in [0.15, 0.2) is 18.1 Å². The van der Waals surface area contributed by atoms with Gasteiger partial charge in [0.1, 0.15) is 11.2 Å². The van der Waals surface area contributed by atoms with Crippen LogP contribution in [0.1, 0.15) is 81.1 Å². The molecule has 20 heteroatoms. The Morgan fingerprint density at radius 1 is 0.918 bits per heavy atom. The van der Waals surface area contributed by atoms with Gasteiger partial charge in [0, 0.05) is 82.9 Å². The number of aromatic amines is 1. The van der Waals surface area contributed by atoms with Gasteiger partial charge in [-0.25, -0.2) is 14.6 Å². The summed E-state index contributed by atoms with van der Waals surface area (Å²) < 4.78 is 53.2. The number of H-pyrrole nitrogens is 1. The second kappa shape index (κ2) is 17.3. The number of quaternary nitrogens is 1. The third kappa shape index (κ3) is 10.8. The van der Waals surface area contributed by atoms with E-state index in [4.69, 9.17) is 21.1 Å². The van der Waals surface area contributed by atoms with Crippen LogP contribution in [0, 0.1) is 11.8 Å². The van der Waals surface area contributed by atoms with E-state index >= 15 is 0 Å². The van der Waals surface area contributed by atoms with Crippen molar-refractivity contribution in [3.05, 3.63) is 52.7 Å². The lowest BCUT2D eigenvalue weighted by Crippen LogP contribution is -2.64. The first kappa shape index (κ1) is 45.4. The number of hydrogen-bond acceptors (Lipinski definition) is 9. The molecule has 2 aromatic heterocycles. The van der Waals surface area contributed by atoms with Crippen LogP contribution in [0.25, 0.3) is 11.3 Å². The Kier molecular flexibility index (Phi) is 12.9. The van der Waals surface area contributed by atoms with Gasteiger partial charge in [-0.15, -0.1) is 0 Å². The molecular formula is C41H54ClF3N9O7+. The molecule has 0 saturated carbocycles. The molecule has 4 amide bonds. The fourth-order valence-corrected chi connectivity index (χ4v) is 8.47. The molecule has 61 heavy (non-hydrogen) atoms. The van der Waals surface area contributed by atoms with E-state index in [9.17, 15) is 37.1 Å². The molecule has 16 nitrogen and oxygen atoms in total. The zero-order valence-corrected chi connectivity index (χ0v) is 36.3. The maximum atomic E-state index is 13.8. The molecule has 0 radical (unpaired) electrons. The van der Waals surface area contributed by atoms with Crippen molar-refractivity contribution < 1.29 is 51.1 Å². The number of piperazine rings is 1. The second-order valence-electron chi connectivity index (χ2n) is 18.2. The van der Waals surface area contributed by atoms with E-state index in [1.165, 1.54) is 29.8 Å². The van der Waals surface area contributed by atoms with Crippen LogP contribution in [-0.2, 0) is 32.3 Å². The minimum absolute atomic E-state index is 0.0189. The summed E-state index contributed by atoms with van der Waals surface area (Å²) in [5, 5.41) is 8.19. The third-order valence-corrected chi connectivity index (χ3v) is 11.4. The Hall–Kier alpha value is -5.17. The maximum Gasteiger partial charge on any atom is 0.435 e. The van der Waals surface area contributed by atoms with Crippen LogP contribution in [-0.4, -0.2) is 145 Å². The summed E-state index contributed by atoms with van der Waals surface area (Å²) in [6.07, 6.45) is -1.66. The van der Waals surface area contributed by atoms with Gasteiger partial charge in [-0.3, -0.25) is 19.5 Å². The van der Waals surface area contributed by atoms with Gasteiger partial charge in [-0.2, -0.15) is 18.3 Å². The molecule has 3 fully saturated rings. The number of hydrogen-bond donors (Lipinski definition) is 2. The number of amides is 4. The van der Waals surface area contributed by atoms with Crippen molar-refractivity contribution in [1.82, 2.24) is 34.4 Å². The number of anilines is 1. The topological polar surface area (TPSA) is 172 Å². The zero-order valence-electron chi connectivity index (χ0n) is 35.5. The van der Waals surface area contributed by atoms with Crippen LogP contribution in [0.5, 0.6) is 0 Å². The summed E-state index contributed by atoms with van der Waals surface area (Å²) in [5.41, 5.74) is -2.16. The highest BCUT2D eigenvalue weighted by atomic mass is 35.5. The summed E-state index contributed by atoms with van der Waals surface area (Å²) in [4.78, 5) is 75.3. The molecule has 1 aromatic carbocycles. The highest BCUT2D eigenvalue weighted by Crippen LogP contribution is 2.36. The smallest absolute Gasteiger partial charge is 0.435 e. The van der Waals surface area contributed by atoms with Gasteiger partial charge in [0.05, 0.1) is 47.7 Å². The SMILES string of the molecule is Cn1c(-c2c[nH]nc2C(F)(F)F)cnc1C(=O)Nc1ccc(C(=O)N2CCN(C(=O)C3CC[N+](CC(=O)OC(C)(C)C)(CC4CN(C(=O)OC(C)(C)C)C4)CC3)CC2)c(Cl)c1. The number of nitrogens with one attached hydrogen (secondary N) is 2. The Bertz CT molecular complexity index is 2140. The molecule has 3 aliphatic heterocycles. The Labute approximate surface area is 357 Å². The average Bonchev–Trinajstić information content (AvgIpc) is 3.78. The number of nitrogens with zero attached hydrogens (tertiary/aromatic N) is 7. The van der Waals surface area contributed by atoms with Crippen molar-refractivity contribution in [1.29, 1.82) is 0 Å². The largest absolute Gasteiger partial charge is 0.456 e. The summed E-state index contributed by atoms with van der Waals surface area (Å²) in [6.45, 7) is 15.4. The predicted molar refractivity (Wildman–Crippen MR) is 217 cm³/mol. The molecule has 0 bridgehead atoms. The average molecular weight is 877 g/mol. The number of piperidine rings is 1. The maximum absolute atomic E-state index is 13.8. The first-order valence-corrected chi connectivity index (χ1v) is 20.7. The Morgan fingerprint density at radius 3 is 2.13 bits per heavy atom. The molecular weight excluding hydrogens is 823 g/mol. The standard InChI is InChI=1S/C41H53ClF3N9O7/c1-39(2,3)60-32(55)24-54(23-25-21-53(22-25)38(59)61-40(4,5)6)16-10-26(11-17-54)36(57)51-12-14-52(15-13-51)37(58)28-9-8-27(18-30(28)42)48-35(56)34-46-20-31(50(34)7)29-19-47-49-33(29)41(43,44)45/h8-9,18-20,25-26H,10-17,21-24H2,1-7H3,(H-,47,48,49,56,58)/p+1. The van der Waals surface area contributed by atoms with Crippen molar-refractivity contribution in [2.24, 2.45) is 18.9 Å². The number of halogens is 4. The molecule has 5 heterocycles.